The smallest absolute Gasteiger partial charge is 0.243 e. The van der Waals surface area contributed by atoms with Gasteiger partial charge in [-0.15, -0.1) is 12.4 Å². The number of methoxy groups -OCH3 is 1. The monoisotopic (exact) mass is 371 g/mol. The van der Waals surface area contributed by atoms with Gasteiger partial charge in [0, 0.05) is 37.3 Å². The molecule has 1 aromatic rings. The first-order chi connectivity index (χ1) is 11.6. The van der Waals surface area contributed by atoms with Crippen LogP contribution in [0.3, 0.4) is 0 Å². The summed E-state index contributed by atoms with van der Waals surface area (Å²) in [4.78, 5) is 26.1. The Balaban J connectivity index is 0.00000312. The zero-order chi connectivity index (χ0) is 17.4. The maximum Gasteiger partial charge on any atom is 0.243 e. The van der Waals surface area contributed by atoms with E-state index < -0.39 is 0 Å². The average molecular weight is 372 g/mol. The fraction of sp³-hybridized carbons (Fsp3) is 0.529. The topological polar surface area (TPSA) is 79.9 Å². The summed E-state index contributed by atoms with van der Waals surface area (Å²) < 4.78 is 10.5. The number of ether oxygens (including phenoxy) is 2. The number of rotatable bonds is 7. The third-order valence-corrected chi connectivity index (χ3v) is 3.84. The maximum atomic E-state index is 12.4. The molecule has 2 rings (SSSR count). The molecule has 0 aromatic heterocycles. The first kappa shape index (κ1) is 21.2. The van der Waals surface area contributed by atoms with E-state index in [0.717, 1.165) is 6.54 Å². The lowest BCUT2D eigenvalue weighted by molar-refractivity contribution is -0.135. The van der Waals surface area contributed by atoms with Gasteiger partial charge in [-0.1, -0.05) is 6.07 Å². The highest BCUT2D eigenvalue weighted by atomic mass is 35.5. The van der Waals surface area contributed by atoms with Gasteiger partial charge in [0.15, 0.2) is 0 Å². The highest BCUT2D eigenvalue weighted by Gasteiger charge is 2.21. The molecule has 140 valence electrons. The summed E-state index contributed by atoms with van der Waals surface area (Å²) in [5.74, 6) is 0.382. The number of carbonyl (C=O) groups excluding carboxylic acids is 2. The summed E-state index contributed by atoms with van der Waals surface area (Å²) in [5, 5.41) is 6.03. The minimum Gasteiger partial charge on any atom is -0.497 e. The number of amides is 2. The fourth-order valence-electron chi connectivity index (χ4n) is 2.54. The van der Waals surface area contributed by atoms with Gasteiger partial charge in [0.1, 0.15) is 5.75 Å². The van der Waals surface area contributed by atoms with Gasteiger partial charge in [0.25, 0.3) is 0 Å². The van der Waals surface area contributed by atoms with Gasteiger partial charge in [-0.25, -0.2) is 0 Å². The van der Waals surface area contributed by atoms with Crippen molar-refractivity contribution in [2.75, 3.05) is 45.3 Å². The molecule has 1 heterocycles. The van der Waals surface area contributed by atoms with Gasteiger partial charge in [-0.05, 0) is 19.1 Å². The van der Waals surface area contributed by atoms with Gasteiger partial charge < -0.3 is 25.0 Å². The van der Waals surface area contributed by atoms with Gasteiger partial charge in [0.05, 0.1) is 26.9 Å². The highest BCUT2D eigenvalue weighted by molar-refractivity contribution is 5.94. The molecule has 7 nitrogen and oxygen atoms in total. The molecule has 0 spiro atoms. The maximum absolute atomic E-state index is 12.4. The Bertz CT molecular complexity index is 565. The van der Waals surface area contributed by atoms with E-state index in [9.17, 15) is 9.59 Å². The van der Waals surface area contributed by atoms with Crippen LogP contribution in [0, 0.1) is 0 Å². The van der Waals surface area contributed by atoms with Crippen LogP contribution >= 0.6 is 12.4 Å². The first-order valence-electron chi connectivity index (χ1n) is 8.15. The number of benzene rings is 1. The lowest BCUT2D eigenvalue weighted by atomic mass is 10.2. The van der Waals surface area contributed by atoms with Crippen LogP contribution in [-0.2, 0) is 14.3 Å². The number of hydrogen-bond acceptors (Lipinski definition) is 5. The van der Waals surface area contributed by atoms with Crippen LogP contribution in [-0.4, -0.2) is 62.7 Å². The zero-order valence-corrected chi connectivity index (χ0v) is 15.4. The summed E-state index contributed by atoms with van der Waals surface area (Å²) in [7, 11) is 1.57. The van der Waals surface area contributed by atoms with E-state index in [2.05, 4.69) is 10.6 Å². The van der Waals surface area contributed by atoms with E-state index in [-0.39, 0.29) is 36.8 Å². The Kier molecular flexibility index (Phi) is 9.26. The molecule has 0 saturated carbocycles. The Morgan fingerprint density at radius 3 is 2.88 bits per heavy atom. The number of halogens is 1. The third-order valence-electron chi connectivity index (χ3n) is 3.84. The Morgan fingerprint density at radius 1 is 1.44 bits per heavy atom. The van der Waals surface area contributed by atoms with Crippen molar-refractivity contribution in [1.29, 1.82) is 0 Å². The molecule has 1 atom stereocenters. The first-order valence-corrected chi connectivity index (χ1v) is 8.15. The molecule has 1 aliphatic heterocycles. The number of hydrogen-bond donors (Lipinski definition) is 2. The molecular formula is C17H26ClN3O4. The molecule has 1 unspecified atom stereocenters. The van der Waals surface area contributed by atoms with Crippen LogP contribution in [0.25, 0.3) is 0 Å². The lowest BCUT2D eigenvalue weighted by Crippen LogP contribution is -2.46. The summed E-state index contributed by atoms with van der Waals surface area (Å²) >= 11 is 0. The zero-order valence-electron chi connectivity index (χ0n) is 14.6. The summed E-state index contributed by atoms with van der Waals surface area (Å²) in [6.07, 6.45) is 0.334. The predicted molar refractivity (Wildman–Crippen MR) is 98.4 cm³/mol. The van der Waals surface area contributed by atoms with Gasteiger partial charge in [-0.3, -0.25) is 9.59 Å². The van der Waals surface area contributed by atoms with E-state index in [1.165, 1.54) is 0 Å². The van der Waals surface area contributed by atoms with Gasteiger partial charge >= 0.3 is 0 Å². The normalized spacial score (nSPS) is 16.5. The van der Waals surface area contributed by atoms with E-state index in [0.29, 0.717) is 37.6 Å². The summed E-state index contributed by atoms with van der Waals surface area (Å²) in [6, 6.07) is 7.13. The van der Waals surface area contributed by atoms with Crippen molar-refractivity contribution < 1.29 is 19.1 Å². The molecule has 1 saturated heterocycles. The van der Waals surface area contributed by atoms with E-state index in [1.54, 1.807) is 36.3 Å². The second kappa shape index (κ2) is 10.9. The fourth-order valence-corrected chi connectivity index (χ4v) is 2.54. The van der Waals surface area contributed by atoms with Crippen molar-refractivity contribution in [3.05, 3.63) is 24.3 Å². The molecule has 8 heteroatoms. The van der Waals surface area contributed by atoms with Crippen LogP contribution in [0.2, 0.25) is 0 Å². The van der Waals surface area contributed by atoms with Crippen molar-refractivity contribution >= 4 is 29.9 Å². The quantitative estimate of drug-likeness (QED) is 0.754. The molecule has 0 bridgehead atoms. The molecule has 1 fully saturated rings. The van der Waals surface area contributed by atoms with Crippen molar-refractivity contribution in [3.63, 3.8) is 0 Å². The van der Waals surface area contributed by atoms with Crippen molar-refractivity contribution in [3.8, 4) is 5.75 Å². The minimum absolute atomic E-state index is 0. The second-order valence-corrected chi connectivity index (χ2v) is 5.62. The molecule has 2 amide bonds. The number of morpholine rings is 1. The van der Waals surface area contributed by atoms with Crippen LogP contribution in [0.5, 0.6) is 5.75 Å². The molecule has 1 aromatic carbocycles. The van der Waals surface area contributed by atoms with Crippen LogP contribution in [0.15, 0.2) is 24.3 Å². The second-order valence-electron chi connectivity index (χ2n) is 5.62. The molecule has 1 aliphatic rings. The number of nitrogens with one attached hydrogen (secondary N) is 2. The number of carbonyl (C=O) groups is 2. The van der Waals surface area contributed by atoms with E-state index >= 15 is 0 Å². The predicted octanol–water partition coefficient (Wildman–Crippen LogP) is 1.28. The average Bonchev–Trinajstić information content (AvgIpc) is 2.60. The lowest BCUT2D eigenvalue weighted by Gasteiger charge is -2.26. The molecule has 0 aliphatic carbocycles. The van der Waals surface area contributed by atoms with Gasteiger partial charge in [0.2, 0.25) is 11.8 Å². The van der Waals surface area contributed by atoms with Gasteiger partial charge in [-0.2, -0.15) is 0 Å². The van der Waals surface area contributed by atoms with Crippen molar-refractivity contribution in [1.82, 2.24) is 10.2 Å². The van der Waals surface area contributed by atoms with Crippen LogP contribution in [0.4, 0.5) is 5.69 Å². The third kappa shape index (κ3) is 6.89. The Morgan fingerprint density at radius 2 is 2.24 bits per heavy atom. The van der Waals surface area contributed by atoms with Crippen LogP contribution in [0.1, 0.15) is 13.3 Å². The van der Waals surface area contributed by atoms with E-state index in [4.69, 9.17) is 9.47 Å². The molecule has 0 radical (unpaired) electrons. The summed E-state index contributed by atoms with van der Waals surface area (Å²) in [6.45, 7) is 4.32. The van der Waals surface area contributed by atoms with Crippen molar-refractivity contribution in [2.24, 2.45) is 0 Å². The van der Waals surface area contributed by atoms with Crippen LogP contribution < -0.4 is 15.4 Å². The SMILES string of the molecule is CCN(CC(=O)Nc1cccc(OC)c1)C(=O)CC1COCCN1.Cl. The van der Waals surface area contributed by atoms with E-state index in [1.807, 2.05) is 6.92 Å². The number of likely N-dealkylation sites (N-methyl/N-ethyl adjacent to an activating group) is 1. The number of anilines is 1. The minimum atomic E-state index is -0.230. The Labute approximate surface area is 154 Å². The molecular weight excluding hydrogens is 346 g/mol. The molecule has 25 heavy (non-hydrogen) atoms. The largest absolute Gasteiger partial charge is 0.497 e. The Hall–Kier alpha value is -1.83. The number of nitrogens with zero attached hydrogens (tertiary/aromatic N) is 1. The molecule has 2 N–H and O–H groups in total. The summed E-state index contributed by atoms with van der Waals surface area (Å²) in [5.41, 5.74) is 0.644. The van der Waals surface area contributed by atoms with Crippen molar-refractivity contribution in [2.45, 2.75) is 19.4 Å². The highest BCUT2D eigenvalue weighted by Crippen LogP contribution is 2.16. The standard InChI is InChI=1S/C17H25N3O4.ClH/c1-3-20(17(22)10-14-12-24-8-7-18-14)11-16(21)19-13-5-4-6-15(9-13)23-2;/h4-6,9,14,18H,3,7-8,10-12H2,1-2H3,(H,19,21);1H.